The normalized spacial score (nSPS) is 14.2. The number of hydrogen-bond acceptors (Lipinski definition) is 0. The van der Waals surface area contributed by atoms with Crippen molar-refractivity contribution < 1.29 is 0 Å². The van der Waals surface area contributed by atoms with Crippen molar-refractivity contribution in [3.05, 3.63) is 6.92 Å². The fourth-order valence-electron chi connectivity index (χ4n) is 0. The van der Waals surface area contributed by atoms with Gasteiger partial charge in [0.05, 0.1) is 0 Å². The van der Waals surface area contributed by atoms with Crippen LogP contribution in [-0.4, -0.2) is 5.38 Å². The maximum atomic E-state index is 3.73. The van der Waals surface area contributed by atoms with Gasteiger partial charge in [-0.2, -0.15) is 0 Å². The maximum absolute atomic E-state index is 3.73. The lowest BCUT2D eigenvalue weighted by Gasteiger charge is -2.24. The summed E-state index contributed by atoms with van der Waals surface area (Å²) in [5.41, 5.74) is 0. The molecule has 0 N–H and O–H groups in total. The Hall–Kier alpha value is 2.40. The Morgan fingerprint density at radius 1 is 0.875 bits per heavy atom. The molecule has 0 bridgehead atoms. The molecular formula is C3H2Br5. The predicted molar refractivity (Wildman–Crippen MR) is 55.5 cm³/mol. The Balaban J connectivity index is 4.02. The van der Waals surface area contributed by atoms with E-state index in [0.29, 0.717) is 0 Å². The predicted octanol–water partition coefficient (Wildman–Crippen LogP) is 4.15. The van der Waals surface area contributed by atoms with Crippen LogP contribution in [-0.2, 0) is 0 Å². The molecule has 0 amide bonds. The lowest BCUT2D eigenvalue weighted by Crippen LogP contribution is -2.23. The molecule has 0 aromatic heterocycles. The topological polar surface area (TPSA) is 0 Å². The molecule has 0 heterocycles. The third-order valence-electron chi connectivity index (χ3n) is 0.415. The minimum atomic E-state index is -0.438. The molecule has 1 radical (unpaired) electrons. The van der Waals surface area contributed by atoms with Crippen LogP contribution in [0, 0.1) is 6.92 Å². The number of hydrogen-bond donors (Lipinski definition) is 0. The van der Waals surface area contributed by atoms with E-state index in [-0.39, 0.29) is 0 Å². The van der Waals surface area contributed by atoms with Crippen molar-refractivity contribution in [1.82, 2.24) is 0 Å². The molecule has 0 spiro atoms. The van der Waals surface area contributed by atoms with Crippen LogP contribution in [0.5, 0.6) is 0 Å². The molecule has 0 unspecified atom stereocenters. The van der Waals surface area contributed by atoms with E-state index in [4.69, 9.17) is 0 Å². The van der Waals surface area contributed by atoms with Gasteiger partial charge in [-0.1, -0.05) is 79.6 Å². The van der Waals surface area contributed by atoms with E-state index < -0.39 is 5.38 Å². The highest BCUT2D eigenvalue weighted by Crippen LogP contribution is 2.51. The molecule has 8 heavy (non-hydrogen) atoms. The number of alkyl halides is 5. The minimum Gasteiger partial charge on any atom is -0.0692 e. The van der Waals surface area contributed by atoms with Gasteiger partial charge in [-0.25, -0.2) is 0 Å². The molecule has 0 aromatic carbocycles. The van der Waals surface area contributed by atoms with Gasteiger partial charge in [-0.15, -0.1) is 0 Å². The first-order valence-electron chi connectivity index (χ1n) is 1.55. The van der Waals surface area contributed by atoms with Crippen molar-refractivity contribution in [2.24, 2.45) is 0 Å². The zero-order chi connectivity index (χ0) is 7.00. The highest BCUT2D eigenvalue weighted by atomic mass is 80.0. The molecule has 0 saturated heterocycles. The van der Waals surface area contributed by atoms with Gasteiger partial charge in [0.1, 0.15) is 3.23 Å². The summed E-state index contributed by atoms with van der Waals surface area (Å²) in [5, 5.41) is 0. The zero-order valence-corrected chi connectivity index (χ0v) is 11.5. The monoisotopic (exact) mass is 433 g/mol. The quantitative estimate of drug-likeness (QED) is 0.500. The van der Waals surface area contributed by atoms with E-state index in [2.05, 4.69) is 86.6 Å². The van der Waals surface area contributed by atoms with Crippen LogP contribution in [0.25, 0.3) is 0 Å². The highest BCUT2D eigenvalue weighted by molar-refractivity contribution is 9.41. The molecule has 49 valence electrons. The molecule has 0 aliphatic rings. The third kappa shape index (κ3) is 3.54. The van der Waals surface area contributed by atoms with Crippen LogP contribution in [0.15, 0.2) is 0 Å². The van der Waals surface area contributed by atoms with Crippen molar-refractivity contribution in [1.29, 1.82) is 0 Å². The second-order valence-corrected chi connectivity index (χ2v) is 11.7. The second-order valence-electron chi connectivity index (χ2n) is 1.20. The van der Waals surface area contributed by atoms with Crippen molar-refractivity contribution in [3.8, 4) is 0 Å². The minimum absolute atomic E-state index is 0.403. The Morgan fingerprint density at radius 3 is 1.00 bits per heavy atom. The Labute approximate surface area is 90.8 Å². The molecule has 0 fully saturated rings. The second kappa shape index (κ2) is 3.20. The first kappa shape index (κ1) is 10.4. The van der Waals surface area contributed by atoms with Gasteiger partial charge in [-0.05, 0) is 6.92 Å². The van der Waals surface area contributed by atoms with E-state index in [1.165, 1.54) is 0 Å². The first-order valence-corrected chi connectivity index (χ1v) is 5.51. The molecule has 0 aliphatic heterocycles. The van der Waals surface area contributed by atoms with E-state index in [0.717, 1.165) is 0 Å². The van der Waals surface area contributed by atoms with Gasteiger partial charge in [0, 0.05) is 0 Å². The van der Waals surface area contributed by atoms with Crippen LogP contribution < -0.4 is 0 Å². The van der Waals surface area contributed by atoms with E-state index in [1.807, 2.05) is 0 Å². The standard InChI is InChI=1S/C3H2Br5/c1-2(4,5)3(6,7)8/h1H2. The van der Waals surface area contributed by atoms with Crippen molar-refractivity contribution in [2.75, 3.05) is 0 Å². The third-order valence-corrected chi connectivity index (χ3v) is 6.83. The van der Waals surface area contributed by atoms with Gasteiger partial charge in [0.25, 0.3) is 0 Å². The summed E-state index contributed by atoms with van der Waals surface area (Å²) in [6.07, 6.45) is 0. The number of halogens is 5. The Morgan fingerprint density at radius 2 is 1.00 bits per heavy atom. The fourth-order valence-corrected chi connectivity index (χ4v) is 0. The van der Waals surface area contributed by atoms with Crippen LogP contribution in [0.3, 0.4) is 0 Å². The molecule has 5 heteroatoms. The summed E-state index contributed by atoms with van der Waals surface area (Å²) in [4.78, 5) is 0. The van der Waals surface area contributed by atoms with Crippen LogP contribution in [0.1, 0.15) is 0 Å². The number of rotatable bonds is 0. The molecule has 0 aliphatic carbocycles. The van der Waals surface area contributed by atoms with Gasteiger partial charge in [0.2, 0.25) is 0 Å². The molecular weight excluding hydrogens is 436 g/mol. The van der Waals surface area contributed by atoms with Gasteiger partial charge in [-0.3, -0.25) is 0 Å². The van der Waals surface area contributed by atoms with Crippen molar-refractivity contribution in [2.45, 2.75) is 5.38 Å². The largest absolute Gasteiger partial charge is 0.159 e. The molecule has 0 aromatic rings. The van der Waals surface area contributed by atoms with Crippen LogP contribution in [0.4, 0.5) is 0 Å². The summed E-state index contributed by atoms with van der Waals surface area (Å²) < 4.78 is -0.840. The van der Waals surface area contributed by atoms with E-state index >= 15 is 0 Å². The van der Waals surface area contributed by atoms with Crippen molar-refractivity contribution in [3.63, 3.8) is 0 Å². The lowest BCUT2D eigenvalue weighted by molar-refractivity contribution is 1.16. The summed E-state index contributed by atoms with van der Waals surface area (Å²) in [5.74, 6) is 0. The highest BCUT2D eigenvalue weighted by Gasteiger charge is 2.38. The smallest absolute Gasteiger partial charge is 0.0692 e. The van der Waals surface area contributed by atoms with Crippen LogP contribution >= 0.6 is 79.6 Å². The summed E-state index contributed by atoms with van der Waals surface area (Å²) >= 11 is 16.4. The summed E-state index contributed by atoms with van der Waals surface area (Å²) in [6, 6.07) is 0. The van der Waals surface area contributed by atoms with Gasteiger partial charge >= 0.3 is 0 Å². The molecule has 0 saturated carbocycles. The van der Waals surface area contributed by atoms with Crippen LogP contribution in [0.2, 0.25) is 0 Å². The zero-order valence-electron chi connectivity index (χ0n) is 3.60. The Bertz CT molecular complexity index is 62.7. The Kier molecular flexibility index (Phi) is 4.16. The molecule has 0 nitrogen and oxygen atoms in total. The van der Waals surface area contributed by atoms with E-state index in [9.17, 15) is 0 Å². The fraction of sp³-hybridized carbons (Fsp3) is 0.667. The summed E-state index contributed by atoms with van der Waals surface area (Å²) in [6.45, 7) is 3.73. The lowest BCUT2D eigenvalue weighted by atomic mass is 10.6. The SMILES string of the molecule is [CH2]C(Br)(Br)C(Br)(Br)Br. The van der Waals surface area contributed by atoms with Gasteiger partial charge in [0.15, 0.2) is 2.14 Å². The van der Waals surface area contributed by atoms with Crippen molar-refractivity contribution >= 4 is 79.6 Å². The molecule has 0 rings (SSSR count). The average Bonchev–Trinajstić information content (AvgIpc) is 1.25. The summed E-state index contributed by atoms with van der Waals surface area (Å²) in [7, 11) is 0. The van der Waals surface area contributed by atoms with Gasteiger partial charge < -0.3 is 0 Å². The molecule has 0 atom stereocenters. The first-order chi connectivity index (χ1) is 3.25. The average molecular weight is 438 g/mol. The van der Waals surface area contributed by atoms with E-state index in [1.54, 1.807) is 0 Å². The maximum Gasteiger partial charge on any atom is 0.159 e.